The van der Waals surface area contributed by atoms with Crippen LogP contribution in [0.4, 0.5) is 0 Å². The molecule has 104 valence electrons. The van der Waals surface area contributed by atoms with Crippen LogP contribution in [0.1, 0.15) is 30.1 Å². The summed E-state index contributed by atoms with van der Waals surface area (Å²) in [5.41, 5.74) is -0.0922. The summed E-state index contributed by atoms with van der Waals surface area (Å²) in [4.78, 5) is 12.1. The first-order valence-corrected chi connectivity index (χ1v) is 6.34. The molecule has 1 aliphatic rings. The molecule has 0 aromatic heterocycles. The lowest BCUT2D eigenvalue weighted by atomic mass is 10.0. The molecule has 1 fully saturated rings. The summed E-state index contributed by atoms with van der Waals surface area (Å²) in [6.07, 6.45) is 1.94. The summed E-state index contributed by atoms with van der Waals surface area (Å²) in [5.74, 6) is -0.177. The van der Waals surface area contributed by atoms with Crippen LogP contribution in [0.25, 0.3) is 0 Å². The summed E-state index contributed by atoms with van der Waals surface area (Å²) in [7, 11) is 1.45. The Morgan fingerprint density at radius 2 is 2.37 bits per heavy atom. The predicted molar refractivity (Wildman–Crippen MR) is 70.6 cm³/mol. The van der Waals surface area contributed by atoms with Crippen molar-refractivity contribution in [3.05, 3.63) is 23.8 Å². The molecule has 19 heavy (non-hydrogen) atoms. The van der Waals surface area contributed by atoms with Crippen molar-refractivity contribution in [3.63, 3.8) is 0 Å². The fourth-order valence-electron chi connectivity index (χ4n) is 2.21. The number of aromatic hydroxyl groups is 1. The minimum absolute atomic E-state index is 0.139. The summed E-state index contributed by atoms with van der Waals surface area (Å²) >= 11 is 0. The van der Waals surface area contributed by atoms with Crippen LogP contribution in [0.15, 0.2) is 18.2 Å². The summed E-state index contributed by atoms with van der Waals surface area (Å²) in [6.45, 7) is 3.14. The number of hydrogen-bond donors (Lipinski definition) is 2. The number of carbonyl (C=O) groups is 1. The second-order valence-corrected chi connectivity index (χ2v) is 4.94. The lowest BCUT2D eigenvalue weighted by Gasteiger charge is -2.23. The number of phenols is 1. The van der Waals surface area contributed by atoms with Gasteiger partial charge in [0.05, 0.1) is 18.3 Å². The molecule has 1 saturated heterocycles. The number of methoxy groups -OCH3 is 1. The van der Waals surface area contributed by atoms with Gasteiger partial charge in [-0.3, -0.25) is 4.79 Å². The van der Waals surface area contributed by atoms with Gasteiger partial charge in [-0.05, 0) is 31.9 Å². The molecule has 5 heteroatoms. The van der Waals surface area contributed by atoms with Crippen LogP contribution in [0.2, 0.25) is 0 Å². The Morgan fingerprint density at radius 3 is 3.00 bits per heavy atom. The van der Waals surface area contributed by atoms with Crippen LogP contribution in [-0.4, -0.2) is 36.9 Å². The Morgan fingerprint density at radius 1 is 1.58 bits per heavy atom. The number of rotatable bonds is 4. The van der Waals surface area contributed by atoms with E-state index in [2.05, 4.69) is 5.32 Å². The second kappa shape index (κ2) is 5.48. The molecule has 5 nitrogen and oxygen atoms in total. The molecule has 2 N–H and O–H groups in total. The van der Waals surface area contributed by atoms with E-state index in [4.69, 9.17) is 9.47 Å². The fraction of sp³-hybridized carbons (Fsp3) is 0.500. The molecule has 2 rings (SSSR count). The van der Waals surface area contributed by atoms with Crippen molar-refractivity contribution < 1.29 is 19.4 Å². The Hall–Kier alpha value is -1.75. The Kier molecular flexibility index (Phi) is 3.95. The number of benzene rings is 1. The van der Waals surface area contributed by atoms with Crippen LogP contribution in [0.3, 0.4) is 0 Å². The lowest BCUT2D eigenvalue weighted by Crippen LogP contribution is -2.40. The molecule has 1 heterocycles. The molecule has 0 radical (unpaired) electrons. The third-order valence-electron chi connectivity index (χ3n) is 3.39. The first-order chi connectivity index (χ1) is 9.06. The molecule has 1 aromatic rings. The minimum Gasteiger partial charge on any atom is -0.504 e. The molecular weight excluding hydrogens is 246 g/mol. The van der Waals surface area contributed by atoms with Crippen molar-refractivity contribution in [2.45, 2.75) is 25.4 Å². The molecule has 0 saturated carbocycles. The van der Waals surface area contributed by atoms with E-state index in [1.807, 2.05) is 6.92 Å². The maximum absolute atomic E-state index is 12.1. The van der Waals surface area contributed by atoms with Crippen molar-refractivity contribution in [1.82, 2.24) is 5.32 Å². The molecule has 1 aliphatic heterocycles. The van der Waals surface area contributed by atoms with Crippen molar-refractivity contribution in [2.75, 3.05) is 20.3 Å². The van der Waals surface area contributed by atoms with Gasteiger partial charge in [-0.25, -0.2) is 0 Å². The van der Waals surface area contributed by atoms with Crippen molar-refractivity contribution >= 4 is 5.91 Å². The third kappa shape index (κ3) is 2.98. The van der Waals surface area contributed by atoms with E-state index in [9.17, 15) is 9.90 Å². The van der Waals surface area contributed by atoms with Gasteiger partial charge in [-0.1, -0.05) is 6.07 Å². The van der Waals surface area contributed by atoms with Crippen molar-refractivity contribution in [1.29, 1.82) is 0 Å². The SMILES string of the molecule is COc1cccc(C(=O)NCC2(C)CCCO2)c1O. The zero-order chi connectivity index (χ0) is 13.9. The number of ether oxygens (including phenoxy) is 2. The normalized spacial score (nSPS) is 22.2. The molecule has 0 bridgehead atoms. The van der Waals surface area contributed by atoms with E-state index in [1.165, 1.54) is 7.11 Å². The van der Waals surface area contributed by atoms with Crippen molar-refractivity contribution in [2.24, 2.45) is 0 Å². The number of para-hydroxylation sites is 1. The van der Waals surface area contributed by atoms with E-state index >= 15 is 0 Å². The van der Waals surface area contributed by atoms with E-state index < -0.39 is 0 Å². The highest BCUT2D eigenvalue weighted by molar-refractivity contribution is 5.97. The Bertz CT molecular complexity index is 467. The molecule has 0 spiro atoms. The van der Waals surface area contributed by atoms with Crippen LogP contribution in [-0.2, 0) is 4.74 Å². The highest BCUT2D eigenvalue weighted by Gasteiger charge is 2.30. The number of hydrogen-bond acceptors (Lipinski definition) is 4. The molecule has 1 atom stereocenters. The minimum atomic E-state index is -0.326. The monoisotopic (exact) mass is 265 g/mol. The van der Waals surface area contributed by atoms with Gasteiger partial charge in [-0.15, -0.1) is 0 Å². The largest absolute Gasteiger partial charge is 0.504 e. The molecule has 1 amide bonds. The zero-order valence-corrected chi connectivity index (χ0v) is 11.2. The van der Waals surface area contributed by atoms with Gasteiger partial charge in [0, 0.05) is 13.2 Å². The maximum Gasteiger partial charge on any atom is 0.255 e. The number of phenolic OH excluding ortho intramolecular Hbond substituents is 1. The van der Waals surface area contributed by atoms with Gasteiger partial charge in [0.15, 0.2) is 11.5 Å². The van der Waals surface area contributed by atoms with Crippen LogP contribution >= 0.6 is 0 Å². The Labute approximate surface area is 112 Å². The number of nitrogens with one attached hydrogen (secondary N) is 1. The first kappa shape index (κ1) is 13.7. The average molecular weight is 265 g/mol. The predicted octanol–water partition coefficient (Wildman–Crippen LogP) is 1.70. The molecule has 0 aliphatic carbocycles. The maximum atomic E-state index is 12.1. The molecule has 1 aromatic carbocycles. The average Bonchev–Trinajstić information content (AvgIpc) is 2.84. The zero-order valence-electron chi connectivity index (χ0n) is 11.2. The van der Waals surface area contributed by atoms with Gasteiger partial charge in [0.25, 0.3) is 5.91 Å². The summed E-state index contributed by atoms with van der Waals surface area (Å²) < 4.78 is 10.6. The van der Waals surface area contributed by atoms with Gasteiger partial charge >= 0.3 is 0 Å². The Balaban J connectivity index is 2.04. The van der Waals surface area contributed by atoms with E-state index in [-0.39, 0.29) is 28.6 Å². The van der Waals surface area contributed by atoms with E-state index in [0.29, 0.717) is 6.54 Å². The summed E-state index contributed by atoms with van der Waals surface area (Å²) in [6, 6.07) is 4.83. The molecular formula is C14H19NO4. The second-order valence-electron chi connectivity index (χ2n) is 4.94. The van der Waals surface area contributed by atoms with Crippen molar-refractivity contribution in [3.8, 4) is 11.5 Å². The van der Waals surface area contributed by atoms with Crippen LogP contribution in [0.5, 0.6) is 11.5 Å². The highest BCUT2D eigenvalue weighted by atomic mass is 16.5. The highest BCUT2D eigenvalue weighted by Crippen LogP contribution is 2.29. The van der Waals surface area contributed by atoms with Crippen LogP contribution < -0.4 is 10.1 Å². The lowest BCUT2D eigenvalue weighted by molar-refractivity contribution is 0.0205. The number of amides is 1. The summed E-state index contributed by atoms with van der Waals surface area (Å²) in [5, 5.41) is 12.7. The van der Waals surface area contributed by atoms with Gasteiger partial charge < -0.3 is 19.9 Å². The number of carbonyl (C=O) groups excluding carboxylic acids is 1. The fourth-order valence-corrected chi connectivity index (χ4v) is 2.21. The van der Waals surface area contributed by atoms with Gasteiger partial charge in [-0.2, -0.15) is 0 Å². The van der Waals surface area contributed by atoms with Gasteiger partial charge in [0.1, 0.15) is 0 Å². The smallest absolute Gasteiger partial charge is 0.255 e. The third-order valence-corrected chi connectivity index (χ3v) is 3.39. The topological polar surface area (TPSA) is 67.8 Å². The van der Waals surface area contributed by atoms with E-state index in [1.54, 1.807) is 18.2 Å². The van der Waals surface area contributed by atoms with Crippen LogP contribution in [0, 0.1) is 0 Å². The van der Waals surface area contributed by atoms with E-state index in [0.717, 1.165) is 19.4 Å². The quantitative estimate of drug-likeness (QED) is 0.869. The standard InChI is InChI=1S/C14H19NO4/c1-14(7-4-8-19-14)9-15-13(17)10-5-3-6-11(18-2)12(10)16/h3,5-6,16H,4,7-9H2,1-2H3,(H,15,17). The first-order valence-electron chi connectivity index (χ1n) is 6.34. The van der Waals surface area contributed by atoms with Gasteiger partial charge in [0.2, 0.25) is 0 Å². The molecule has 1 unspecified atom stereocenters.